The van der Waals surface area contributed by atoms with E-state index in [0.29, 0.717) is 21.6 Å². The van der Waals surface area contributed by atoms with Crippen LogP contribution in [0.1, 0.15) is 16.8 Å². The van der Waals surface area contributed by atoms with Gasteiger partial charge in [-0.05, 0) is 35.9 Å². The fourth-order valence-corrected chi connectivity index (χ4v) is 3.75. The summed E-state index contributed by atoms with van der Waals surface area (Å²) in [7, 11) is 1.59. The molecule has 1 N–H and O–H groups in total. The van der Waals surface area contributed by atoms with Gasteiger partial charge in [-0.2, -0.15) is 0 Å². The lowest BCUT2D eigenvalue weighted by molar-refractivity contribution is -0.255. The normalized spacial score (nSPS) is 18.2. The first kappa shape index (κ1) is 19.9. The highest BCUT2D eigenvalue weighted by Gasteiger charge is 2.34. The highest BCUT2D eigenvalue weighted by molar-refractivity contribution is 8.15. The molecule has 144 valence electrons. The number of benzene rings is 2. The van der Waals surface area contributed by atoms with Gasteiger partial charge in [0.15, 0.2) is 5.17 Å². The summed E-state index contributed by atoms with van der Waals surface area (Å²) >= 11 is 7.12. The number of aliphatic imine (C=N–C) groups is 1. The van der Waals surface area contributed by atoms with Gasteiger partial charge in [0.05, 0.1) is 11.7 Å². The number of hydrogen-bond donors (Lipinski definition) is 1. The first-order chi connectivity index (χ1) is 13.3. The van der Waals surface area contributed by atoms with Crippen LogP contribution in [0, 0.1) is 0 Å². The van der Waals surface area contributed by atoms with Crippen LogP contribution in [-0.2, 0) is 9.59 Å². The monoisotopic (exact) mass is 416 g/mol. The minimum atomic E-state index is -1.34. The molecule has 1 aliphatic rings. The maximum absolute atomic E-state index is 12.6. The number of nitrogens with one attached hydrogen (secondary N) is 1. The Morgan fingerprint density at radius 3 is 2.71 bits per heavy atom. The second-order valence-corrected chi connectivity index (χ2v) is 7.60. The van der Waals surface area contributed by atoms with Gasteiger partial charge in [-0.25, -0.2) is 4.99 Å². The van der Waals surface area contributed by atoms with Gasteiger partial charge in [0.25, 0.3) is 0 Å². The molecule has 1 fully saturated rings. The van der Waals surface area contributed by atoms with Crippen molar-refractivity contribution < 1.29 is 19.5 Å². The largest absolute Gasteiger partial charge is 0.545 e. The topological polar surface area (TPSA) is 102 Å². The number of hydrogen-bond acceptors (Lipinski definition) is 6. The van der Waals surface area contributed by atoms with E-state index in [0.717, 1.165) is 11.8 Å². The summed E-state index contributed by atoms with van der Waals surface area (Å²) in [6.45, 7) is 0. The van der Waals surface area contributed by atoms with Gasteiger partial charge in [-0.1, -0.05) is 41.6 Å². The van der Waals surface area contributed by atoms with E-state index in [1.54, 1.807) is 37.4 Å². The molecule has 2 amide bonds. The van der Waals surface area contributed by atoms with Crippen molar-refractivity contribution in [1.82, 2.24) is 4.90 Å². The number of amidine groups is 1. The number of amides is 2. The van der Waals surface area contributed by atoms with E-state index in [1.165, 1.54) is 23.1 Å². The molecule has 3 rings (SSSR count). The molecular weight excluding hydrogens is 402 g/mol. The Labute approximate surface area is 170 Å². The number of aromatic carboxylic acids is 1. The van der Waals surface area contributed by atoms with Crippen molar-refractivity contribution in [2.45, 2.75) is 11.7 Å². The highest BCUT2D eigenvalue weighted by Crippen LogP contribution is 2.29. The van der Waals surface area contributed by atoms with Crippen molar-refractivity contribution in [3.63, 3.8) is 0 Å². The molecular formula is C19H15ClN3O4S-. The predicted octanol–water partition coefficient (Wildman–Crippen LogP) is 2.29. The quantitative estimate of drug-likeness (QED) is 0.823. The van der Waals surface area contributed by atoms with Crippen molar-refractivity contribution in [3.8, 4) is 0 Å². The number of carboxylic acid groups (broad SMARTS) is 1. The van der Waals surface area contributed by atoms with Crippen LogP contribution in [-0.4, -0.2) is 40.1 Å². The molecule has 2 aromatic carbocycles. The van der Waals surface area contributed by atoms with Crippen LogP contribution < -0.4 is 10.4 Å². The van der Waals surface area contributed by atoms with E-state index in [9.17, 15) is 19.5 Å². The van der Waals surface area contributed by atoms with Gasteiger partial charge in [-0.3, -0.25) is 14.5 Å². The molecule has 0 radical (unpaired) electrons. The first-order valence-electron chi connectivity index (χ1n) is 8.23. The summed E-state index contributed by atoms with van der Waals surface area (Å²) in [5, 5.41) is 13.8. The Balaban J connectivity index is 1.78. The minimum absolute atomic E-state index is 0.00173. The zero-order valence-electron chi connectivity index (χ0n) is 14.7. The lowest BCUT2D eigenvalue weighted by atomic mass is 10.2. The summed E-state index contributed by atoms with van der Waals surface area (Å²) in [6, 6.07) is 12.6. The van der Waals surface area contributed by atoms with E-state index in [4.69, 9.17) is 11.6 Å². The van der Waals surface area contributed by atoms with Crippen molar-refractivity contribution in [1.29, 1.82) is 0 Å². The number of nitrogens with zero attached hydrogens (tertiary/aromatic N) is 2. The van der Waals surface area contributed by atoms with E-state index in [2.05, 4.69) is 10.3 Å². The van der Waals surface area contributed by atoms with Crippen LogP contribution in [0.25, 0.3) is 0 Å². The van der Waals surface area contributed by atoms with E-state index < -0.39 is 17.1 Å². The Morgan fingerprint density at radius 1 is 1.25 bits per heavy atom. The SMILES string of the molecule is CN1C(=O)C[C@@H](C(=O)Nc2cccc(C(=O)[O-])c2)SC1=Nc1cccc(Cl)c1. The summed E-state index contributed by atoms with van der Waals surface area (Å²) in [5.41, 5.74) is 0.831. The molecule has 0 unspecified atom stereocenters. The lowest BCUT2D eigenvalue weighted by Crippen LogP contribution is -2.43. The standard InChI is InChI=1S/C19H16ClN3O4S/c1-23-16(24)10-15(28-19(23)22-14-7-3-5-12(20)9-14)17(25)21-13-6-2-4-11(8-13)18(26)27/h2-9,15H,10H2,1H3,(H,21,25)(H,26,27)/p-1/t15-/m0/s1. The molecule has 9 heteroatoms. The van der Waals surface area contributed by atoms with E-state index in [-0.39, 0.29) is 17.9 Å². The first-order valence-corrected chi connectivity index (χ1v) is 9.49. The van der Waals surface area contributed by atoms with Gasteiger partial charge < -0.3 is 15.2 Å². The Hall–Kier alpha value is -2.84. The van der Waals surface area contributed by atoms with E-state index >= 15 is 0 Å². The predicted molar refractivity (Wildman–Crippen MR) is 107 cm³/mol. The molecule has 28 heavy (non-hydrogen) atoms. The third-order valence-corrected chi connectivity index (χ3v) is 5.44. The van der Waals surface area contributed by atoms with E-state index in [1.807, 2.05) is 0 Å². The zero-order chi connectivity index (χ0) is 20.3. The fourth-order valence-electron chi connectivity index (χ4n) is 2.50. The molecule has 0 aliphatic carbocycles. The Bertz CT molecular complexity index is 979. The smallest absolute Gasteiger partial charge is 0.238 e. The maximum atomic E-state index is 12.6. The third-order valence-electron chi connectivity index (χ3n) is 3.96. The van der Waals surface area contributed by atoms with Crippen LogP contribution in [0.15, 0.2) is 53.5 Å². The van der Waals surface area contributed by atoms with Crippen LogP contribution in [0.5, 0.6) is 0 Å². The summed E-state index contributed by atoms with van der Waals surface area (Å²) in [4.78, 5) is 41.7. The molecule has 0 aromatic heterocycles. The van der Waals surface area contributed by atoms with Crippen molar-refractivity contribution in [2.24, 2.45) is 4.99 Å². The molecule has 0 bridgehead atoms. The van der Waals surface area contributed by atoms with Gasteiger partial charge in [-0.15, -0.1) is 0 Å². The number of halogens is 1. The number of thioether (sulfide) groups is 1. The number of carboxylic acids is 1. The molecule has 2 aromatic rings. The van der Waals surface area contributed by atoms with Crippen LogP contribution in [0.2, 0.25) is 5.02 Å². The number of rotatable bonds is 4. The number of carbonyl (C=O) groups is 3. The second-order valence-electron chi connectivity index (χ2n) is 6.00. The van der Waals surface area contributed by atoms with Crippen molar-refractivity contribution in [3.05, 3.63) is 59.1 Å². The Kier molecular flexibility index (Phi) is 6.01. The minimum Gasteiger partial charge on any atom is -0.545 e. The highest BCUT2D eigenvalue weighted by atomic mass is 35.5. The van der Waals surface area contributed by atoms with Gasteiger partial charge in [0, 0.05) is 24.2 Å². The average Bonchev–Trinajstić information content (AvgIpc) is 2.65. The van der Waals surface area contributed by atoms with Crippen LogP contribution >= 0.6 is 23.4 Å². The van der Waals surface area contributed by atoms with Crippen molar-refractivity contribution >= 4 is 57.7 Å². The van der Waals surface area contributed by atoms with Gasteiger partial charge in [0.2, 0.25) is 11.8 Å². The second kappa shape index (κ2) is 8.45. The molecule has 7 nitrogen and oxygen atoms in total. The third kappa shape index (κ3) is 4.71. The summed E-state index contributed by atoms with van der Waals surface area (Å²) in [5.74, 6) is -2.00. The fraction of sp³-hybridized carbons (Fsp3) is 0.158. The lowest BCUT2D eigenvalue weighted by Gasteiger charge is -2.28. The zero-order valence-corrected chi connectivity index (χ0v) is 16.3. The molecule has 1 aliphatic heterocycles. The van der Waals surface area contributed by atoms with Crippen LogP contribution in [0.4, 0.5) is 11.4 Å². The molecule has 0 spiro atoms. The number of anilines is 1. The van der Waals surface area contributed by atoms with Crippen LogP contribution in [0.3, 0.4) is 0 Å². The maximum Gasteiger partial charge on any atom is 0.238 e. The van der Waals surface area contributed by atoms with Crippen molar-refractivity contribution in [2.75, 3.05) is 12.4 Å². The summed E-state index contributed by atoms with van der Waals surface area (Å²) < 4.78 is 0. The van der Waals surface area contributed by atoms with Gasteiger partial charge >= 0.3 is 0 Å². The molecule has 1 atom stereocenters. The Morgan fingerprint density at radius 2 is 2.00 bits per heavy atom. The van der Waals surface area contributed by atoms with Gasteiger partial charge in [0.1, 0.15) is 5.25 Å². The summed E-state index contributed by atoms with van der Waals surface area (Å²) in [6.07, 6.45) is 0.00173. The molecule has 0 saturated carbocycles. The molecule has 1 heterocycles. The average molecular weight is 417 g/mol. The number of carbonyl (C=O) groups excluding carboxylic acids is 3. The molecule has 1 saturated heterocycles.